The molecule has 22 heavy (non-hydrogen) atoms. The number of alkyl halides is 3. The number of aromatic nitrogens is 4. The van der Waals surface area contributed by atoms with E-state index in [1.54, 1.807) is 24.3 Å². The Hall–Kier alpha value is -2.28. The number of benzene rings is 1. The Balaban J connectivity index is 1.79. The molecule has 10 heteroatoms. The third-order valence-corrected chi connectivity index (χ3v) is 3.32. The van der Waals surface area contributed by atoms with E-state index in [1.807, 2.05) is 6.07 Å². The van der Waals surface area contributed by atoms with Crippen LogP contribution < -0.4 is 4.74 Å². The van der Waals surface area contributed by atoms with E-state index in [4.69, 9.17) is 10.00 Å². The highest BCUT2D eigenvalue weighted by molar-refractivity contribution is 7.99. The van der Waals surface area contributed by atoms with Gasteiger partial charge in [-0.15, -0.1) is 5.10 Å². The van der Waals surface area contributed by atoms with Gasteiger partial charge in [-0.3, -0.25) is 0 Å². The summed E-state index contributed by atoms with van der Waals surface area (Å²) in [7, 11) is 0. The second kappa shape index (κ2) is 7.13. The van der Waals surface area contributed by atoms with Crippen LogP contribution in [0.15, 0.2) is 29.4 Å². The average molecular weight is 329 g/mol. The van der Waals surface area contributed by atoms with E-state index in [2.05, 4.69) is 15.5 Å². The predicted molar refractivity (Wildman–Crippen MR) is 71.2 cm³/mol. The summed E-state index contributed by atoms with van der Waals surface area (Å²) in [6.45, 7) is -0.950. The monoisotopic (exact) mass is 329 g/mol. The minimum absolute atomic E-state index is 0.0840. The number of ether oxygens (including phenoxy) is 1. The van der Waals surface area contributed by atoms with Gasteiger partial charge in [0.25, 0.3) is 0 Å². The van der Waals surface area contributed by atoms with Crippen LogP contribution in [-0.4, -0.2) is 38.7 Å². The van der Waals surface area contributed by atoms with Crippen molar-refractivity contribution >= 4 is 11.8 Å². The van der Waals surface area contributed by atoms with Gasteiger partial charge >= 0.3 is 6.18 Å². The topological polar surface area (TPSA) is 76.6 Å². The molecule has 1 heterocycles. The summed E-state index contributed by atoms with van der Waals surface area (Å²) in [5.41, 5.74) is 0.521. The molecule has 116 valence electrons. The maximum absolute atomic E-state index is 12.3. The number of nitriles is 1. The summed E-state index contributed by atoms with van der Waals surface area (Å²) in [5, 5.41) is 18.8. The zero-order chi connectivity index (χ0) is 16.0. The molecule has 0 amide bonds. The zero-order valence-electron chi connectivity index (χ0n) is 11.1. The highest BCUT2D eigenvalue weighted by Gasteiger charge is 2.30. The molecular weight excluding hydrogens is 319 g/mol. The molecule has 1 aromatic heterocycles. The maximum Gasteiger partial charge on any atom is 0.408 e. The Morgan fingerprint density at radius 2 is 2.00 bits per heavy atom. The van der Waals surface area contributed by atoms with E-state index in [0.29, 0.717) is 21.7 Å². The predicted octanol–water partition coefficient (Wildman–Crippen LogP) is 2.28. The average Bonchev–Trinajstić information content (AvgIpc) is 2.89. The van der Waals surface area contributed by atoms with Crippen LogP contribution in [0.5, 0.6) is 5.75 Å². The number of hydrogen-bond donors (Lipinski definition) is 0. The van der Waals surface area contributed by atoms with Crippen LogP contribution in [0.25, 0.3) is 0 Å². The van der Waals surface area contributed by atoms with Crippen LogP contribution >= 0.6 is 11.8 Å². The van der Waals surface area contributed by atoms with Crippen molar-refractivity contribution in [1.82, 2.24) is 20.2 Å². The molecule has 2 rings (SSSR count). The first-order valence-electron chi connectivity index (χ1n) is 6.06. The van der Waals surface area contributed by atoms with Gasteiger partial charge in [-0.2, -0.15) is 18.4 Å². The lowest BCUT2D eigenvalue weighted by atomic mass is 10.2. The number of nitrogens with zero attached hydrogens (tertiary/aromatic N) is 5. The van der Waals surface area contributed by atoms with Gasteiger partial charge in [-0.05, 0) is 34.7 Å². The number of rotatable bonds is 6. The molecule has 0 spiro atoms. The Bertz CT molecular complexity index is 650. The Labute approximate surface area is 127 Å². The summed E-state index contributed by atoms with van der Waals surface area (Å²) < 4.78 is 43.0. The summed E-state index contributed by atoms with van der Waals surface area (Å²) in [4.78, 5) is 0. The second-order valence-corrected chi connectivity index (χ2v) is 5.13. The molecule has 0 saturated heterocycles. The lowest BCUT2D eigenvalue weighted by Crippen LogP contribution is -2.19. The van der Waals surface area contributed by atoms with Gasteiger partial charge in [0, 0.05) is 5.75 Å². The van der Waals surface area contributed by atoms with Gasteiger partial charge in [-0.25, -0.2) is 4.68 Å². The zero-order valence-corrected chi connectivity index (χ0v) is 11.9. The fourth-order valence-electron chi connectivity index (χ4n) is 1.49. The Morgan fingerprint density at radius 3 is 2.64 bits per heavy atom. The third-order valence-electron chi connectivity index (χ3n) is 2.39. The molecular formula is C12H10F3N5OS. The van der Waals surface area contributed by atoms with Crippen LogP contribution in [-0.2, 0) is 6.54 Å². The first kappa shape index (κ1) is 16.1. The number of halogens is 3. The highest BCUT2D eigenvalue weighted by Crippen LogP contribution is 2.21. The van der Waals surface area contributed by atoms with Crippen LogP contribution in [0.1, 0.15) is 5.56 Å². The molecule has 0 saturated carbocycles. The molecule has 0 radical (unpaired) electrons. The van der Waals surface area contributed by atoms with Crippen molar-refractivity contribution in [2.24, 2.45) is 0 Å². The van der Waals surface area contributed by atoms with E-state index in [0.717, 1.165) is 11.8 Å². The van der Waals surface area contributed by atoms with Crippen molar-refractivity contribution in [2.45, 2.75) is 17.9 Å². The maximum atomic E-state index is 12.3. The molecule has 0 aliphatic heterocycles. The van der Waals surface area contributed by atoms with Crippen molar-refractivity contribution < 1.29 is 17.9 Å². The van der Waals surface area contributed by atoms with Gasteiger partial charge in [0.15, 0.2) is 0 Å². The van der Waals surface area contributed by atoms with Crippen molar-refractivity contribution in [2.75, 3.05) is 12.4 Å². The van der Waals surface area contributed by atoms with Gasteiger partial charge in [0.05, 0.1) is 18.2 Å². The van der Waals surface area contributed by atoms with Gasteiger partial charge in [0.2, 0.25) is 5.16 Å². The van der Waals surface area contributed by atoms with E-state index < -0.39 is 12.7 Å². The summed E-state index contributed by atoms with van der Waals surface area (Å²) in [5.74, 6) is 0.965. The number of hydrogen-bond acceptors (Lipinski definition) is 6. The molecule has 0 aliphatic rings. The van der Waals surface area contributed by atoms with Crippen molar-refractivity contribution in [3.8, 4) is 11.8 Å². The normalized spacial score (nSPS) is 11.2. The van der Waals surface area contributed by atoms with E-state index in [-0.39, 0.29) is 11.8 Å². The Morgan fingerprint density at radius 1 is 1.27 bits per heavy atom. The SMILES string of the molecule is N#Cc1ccc(OCCSc2nnnn2CC(F)(F)F)cc1. The Kier molecular flexibility index (Phi) is 5.21. The van der Waals surface area contributed by atoms with Crippen molar-refractivity contribution in [1.29, 1.82) is 5.26 Å². The fraction of sp³-hybridized carbons (Fsp3) is 0.333. The van der Waals surface area contributed by atoms with Gasteiger partial charge in [-0.1, -0.05) is 11.8 Å². The smallest absolute Gasteiger partial charge is 0.408 e. The van der Waals surface area contributed by atoms with E-state index >= 15 is 0 Å². The molecule has 2 aromatic rings. The molecule has 0 aliphatic carbocycles. The standard InChI is InChI=1S/C12H10F3N5OS/c13-12(14,15)8-20-11(17-18-19-20)22-6-5-21-10-3-1-9(7-16)2-4-10/h1-4H,5-6,8H2. The summed E-state index contributed by atoms with van der Waals surface area (Å²) in [6, 6.07) is 8.52. The number of thioether (sulfide) groups is 1. The van der Waals surface area contributed by atoms with Gasteiger partial charge in [0.1, 0.15) is 12.3 Å². The van der Waals surface area contributed by atoms with E-state index in [1.165, 1.54) is 0 Å². The molecule has 0 bridgehead atoms. The minimum Gasteiger partial charge on any atom is -0.493 e. The van der Waals surface area contributed by atoms with Crippen molar-refractivity contribution in [3.05, 3.63) is 29.8 Å². The lowest BCUT2D eigenvalue weighted by Gasteiger charge is -2.08. The highest BCUT2D eigenvalue weighted by atomic mass is 32.2. The van der Waals surface area contributed by atoms with Crippen LogP contribution in [0.3, 0.4) is 0 Å². The molecule has 6 nitrogen and oxygen atoms in total. The second-order valence-electron chi connectivity index (χ2n) is 4.07. The lowest BCUT2D eigenvalue weighted by molar-refractivity contribution is -0.144. The molecule has 0 atom stereocenters. The largest absolute Gasteiger partial charge is 0.493 e. The minimum atomic E-state index is -4.37. The molecule has 0 fully saturated rings. The van der Waals surface area contributed by atoms with Crippen molar-refractivity contribution in [3.63, 3.8) is 0 Å². The van der Waals surface area contributed by atoms with Crippen LogP contribution in [0, 0.1) is 11.3 Å². The summed E-state index contributed by atoms with van der Waals surface area (Å²) >= 11 is 1.07. The third kappa shape index (κ3) is 4.92. The molecule has 0 N–H and O–H groups in total. The van der Waals surface area contributed by atoms with Crippen LogP contribution in [0.2, 0.25) is 0 Å². The summed E-state index contributed by atoms with van der Waals surface area (Å²) in [6.07, 6.45) is -4.37. The van der Waals surface area contributed by atoms with E-state index in [9.17, 15) is 13.2 Å². The number of tetrazole rings is 1. The van der Waals surface area contributed by atoms with Gasteiger partial charge < -0.3 is 4.74 Å². The quantitative estimate of drug-likeness (QED) is 0.598. The first-order chi connectivity index (χ1) is 10.5. The fourth-order valence-corrected chi connectivity index (χ4v) is 2.18. The van der Waals surface area contributed by atoms with Crippen LogP contribution in [0.4, 0.5) is 13.2 Å². The molecule has 0 unspecified atom stereocenters. The molecule has 1 aromatic carbocycles. The first-order valence-corrected chi connectivity index (χ1v) is 7.05.